The second kappa shape index (κ2) is 6.79. The van der Waals surface area contributed by atoms with Crippen molar-refractivity contribution in [3.05, 3.63) is 58.7 Å². The second-order valence-corrected chi connectivity index (χ2v) is 5.71. The molecule has 0 spiro atoms. The van der Waals surface area contributed by atoms with Gasteiger partial charge >= 0.3 is 5.97 Å². The maximum Gasteiger partial charge on any atom is 0.342 e. The van der Waals surface area contributed by atoms with Crippen LogP contribution in [0.3, 0.4) is 0 Å². The fourth-order valence-electron chi connectivity index (χ4n) is 2.59. The molecule has 22 heavy (non-hydrogen) atoms. The molecule has 1 aliphatic rings. The van der Waals surface area contributed by atoms with Gasteiger partial charge in [-0.15, -0.1) is 0 Å². The predicted octanol–water partition coefficient (Wildman–Crippen LogP) is 3.69. The van der Waals surface area contributed by atoms with Crippen molar-refractivity contribution in [2.75, 3.05) is 18.0 Å². The molecular formula is C17H17ClN2O2. The van der Waals surface area contributed by atoms with Gasteiger partial charge in [-0.25, -0.2) is 9.78 Å². The van der Waals surface area contributed by atoms with Gasteiger partial charge in [-0.05, 0) is 42.7 Å². The smallest absolute Gasteiger partial charge is 0.342 e. The number of ether oxygens (including phenoxy) is 1. The van der Waals surface area contributed by atoms with E-state index in [1.807, 2.05) is 12.1 Å². The van der Waals surface area contributed by atoms with Crippen molar-refractivity contribution in [2.45, 2.75) is 19.4 Å². The van der Waals surface area contributed by atoms with E-state index in [9.17, 15) is 4.79 Å². The Morgan fingerprint density at radius 3 is 2.82 bits per heavy atom. The van der Waals surface area contributed by atoms with Crippen LogP contribution in [-0.2, 0) is 11.3 Å². The van der Waals surface area contributed by atoms with E-state index < -0.39 is 0 Å². The Kier molecular flexibility index (Phi) is 4.59. The number of hydrogen-bond donors (Lipinski definition) is 0. The third-order valence-corrected chi connectivity index (χ3v) is 3.91. The number of rotatable bonds is 4. The van der Waals surface area contributed by atoms with Crippen molar-refractivity contribution in [3.63, 3.8) is 0 Å². The molecule has 0 radical (unpaired) electrons. The Bertz CT molecular complexity index is 669. The highest BCUT2D eigenvalue weighted by Crippen LogP contribution is 2.23. The van der Waals surface area contributed by atoms with Crippen LogP contribution in [0.5, 0.6) is 0 Å². The Hall–Kier alpha value is -2.07. The molecule has 0 amide bonds. The van der Waals surface area contributed by atoms with Gasteiger partial charge in [0.25, 0.3) is 0 Å². The monoisotopic (exact) mass is 316 g/mol. The van der Waals surface area contributed by atoms with Crippen LogP contribution in [0, 0.1) is 0 Å². The van der Waals surface area contributed by atoms with E-state index >= 15 is 0 Å². The quantitative estimate of drug-likeness (QED) is 0.807. The average Bonchev–Trinajstić information content (AvgIpc) is 3.07. The Labute approximate surface area is 134 Å². The molecule has 0 saturated carbocycles. The van der Waals surface area contributed by atoms with E-state index in [2.05, 4.69) is 9.88 Å². The zero-order chi connectivity index (χ0) is 15.4. The molecule has 0 N–H and O–H groups in total. The van der Waals surface area contributed by atoms with E-state index in [-0.39, 0.29) is 12.6 Å². The first kappa shape index (κ1) is 14.9. The number of carbonyl (C=O) groups excluding carboxylic acids is 1. The van der Waals surface area contributed by atoms with Gasteiger partial charge in [0, 0.05) is 24.3 Å². The molecule has 5 heteroatoms. The van der Waals surface area contributed by atoms with E-state index in [0.29, 0.717) is 10.6 Å². The number of nitrogens with zero attached hydrogens (tertiary/aromatic N) is 2. The highest BCUT2D eigenvalue weighted by Gasteiger charge is 2.21. The number of pyridine rings is 1. The summed E-state index contributed by atoms with van der Waals surface area (Å²) in [5.74, 6) is 0.367. The SMILES string of the molecule is O=C(OCc1cccc(Cl)c1)c1cccnc1N1CCCC1. The summed E-state index contributed by atoms with van der Waals surface area (Å²) in [4.78, 5) is 18.8. The summed E-state index contributed by atoms with van der Waals surface area (Å²) in [5, 5.41) is 0.632. The third kappa shape index (κ3) is 3.39. The number of carbonyl (C=O) groups is 1. The van der Waals surface area contributed by atoms with Crippen molar-refractivity contribution in [2.24, 2.45) is 0 Å². The van der Waals surface area contributed by atoms with Crippen LogP contribution in [0.15, 0.2) is 42.6 Å². The highest BCUT2D eigenvalue weighted by molar-refractivity contribution is 6.30. The second-order valence-electron chi connectivity index (χ2n) is 5.27. The topological polar surface area (TPSA) is 42.4 Å². The molecule has 1 aliphatic heterocycles. The zero-order valence-corrected chi connectivity index (χ0v) is 12.9. The van der Waals surface area contributed by atoms with Gasteiger partial charge in [-0.2, -0.15) is 0 Å². The van der Waals surface area contributed by atoms with Crippen molar-refractivity contribution in [1.82, 2.24) is 4.98 Å². The summed E-state index contributed by atoms with van der Waals surface area (Å²) >= 11 is 5.93. The van der Waals surface area contributed by atoms with Gasteiger partial charge < -0.3 is 9.64 Å². The lowest BCUT2D eigenvalue weighted by Crippen LogP contribution is -2.22. The molecule has 0 atom stereocenters. The van der Waals surface area contributed by atoms with Crippen LogP contribution in [0.25, 0.3) is 0 Å². The van der Waals surface area contributed by atoms with Crippen molar-refractivity contribution >= 4 is 23.4 Å². The molecule has 1 aromatic carbocycles. The molecule has 2 heterocycles. The number of anilines is 1. The van der Waals surface area contributed by atoms with Crippen LogP contribution >= 0.6 is 11.6 Å². The lowest BCUT2D eigenvalue weighted by atomic mass is 10.2. The Balaban J connectivity index is 1.72. The van der Waals surface area contributed by atoms with Crippen LogP contribution in [0.1, 0.15) is 28.8 Å². The first-order valence-corrected chi connectivity index (χ1v) is 7.73. The van der Waals surface area contributed by atoms with Crippen molar-refractivity contribution in [1.29, 1.82) is 0 Å². The van der Waals surface area contributed by atoms with Crippen LogP contribution in [0.2, 0.25) is 5.02 Å². The van der Waals surface area contributed by atoms with E-state index in [1.165, 1.54) is 0 Å². The minimum atomic E-state index is -0.352. The first-order chi connectivity index (χ1) is 10.7. The lowest BCUT2D eigenvalue weighted by Gasteiger charge is -2.19. The predicted molar refractivity (Wildman–Crippen MR) is 86.3 cm³/mol. The maximum atomic E-state index is 12.4. The first-order valence-electron chi connectivity index (χ1n) is 7.35. The van der Waals surface area contributed by atoms with Crippen molar-refractivity contribution < 1.29 is 9.53 Å². The molecule has 1 aromatic heterocycles. The largest absolute Gasteiger partial charge is 0.457 e. The number of aromatic nitrogens is 1. The van der Waals surface area contributed by atoms with Crippen molar-refractivity contribution in [3.8, 4) is 0 Å². The fourth-order valence-corrected chi connectivity index (χ4v) is 2.80. The van der Waals surface area contributed by atoms with E-state index in [4.69, 9.17) is 16.3 Å². The Morgan fingerprint density at radius 2 is 2.05 bits per heavy atom. The molecule has 4 nitrogen and oxygen atoms in total. The summed E-state index contributed by atoms with van der Waals surface area (Å²) in [6, 6.07) is 10.8. The normalized spacial score (nSPS) is 14.1. The minimum absolute atomic E-state index is 0.202. The van der Waals surface area contributed by atoms with Crippen LogP contribution in [0.4, 0.5) is 5.82 Å². The van der Waals surface area contributed by atoms with Gasteiger partial charge in [-0.1, -0.05) is 23.7 Å². The summed E-state index contributed by atoms with van der Waals surface area (Å²) in [7, 11) is 0. The fraction of sp³-hybridized carbons (Fsp3) is 0.294. The summed E-state index contributed by atoms with van der Waals surface area (Å²) in [5.41, 5.74) is 1.39. The molecule has 114 valence electrons. The van der Waals surface area contributed by atoms with Gasteiger partial charge in [0.15, 0.2) is 0 Å². The molecule has 0 aliphatic carbocycles. The summed E-state index contributed by atoms with van der Waals surface area (Å²) in [6.45, 7) is 2.07. The molecule has 3 rings (SSSR count). The average molecular weight is 317 g/mol. The number of benzene rings is 1. The highest BCUT2D eigenvalue weighted by atomic mass is 35.5. The maximum absolute atomic E-state index is 12.4. The number of halogens is 1. The van der Waals surface area contributed by atoms with E-state index in [1.54, 1.807) is 30.5 Å². The number of hydrogen-bond acceptors (Lipinski definition) is 4. The van der Waals surface area contributed by atoms with Crippen LogP contribution < -0.4 is 4.90 Å². The molecule has 0 unspecified atom stereocenters. The van der Waals surface area contributed by atoms with Gasteiger partial charge in [-0.3, -0.25) is 0 Å². The minimum Gasteiger partial charge on any atom is -0.457 e. The summed E-state index contributed by atoms with van der Waals surface area (Å²) in [6.07, 6.45) is 3.97. The summed E-state index contributed by atoms with van der Waals surface area (Å²) < 4.78 is 5.41. The van der Waals surface area contributed by atoms with Crippen LogP contribution in [-0.4, -0.2) is 24.0 Å². The lowest BCUT2D eigenvalue weighted by molar-refractivity contribution is 0.0473. The zero-order valence-electron chi connectivity index (χ0n) is 12.2. The third-order valence-electron chi connectivity index (χ3n) is 3.67. The van der Waals surface area contributed by atoms with Gasteiger partial charge in [0.05, 0.1) is 0 Å². The Morgan fingerprint density at radius 1 is 1.23 bits per heavy atom. The van der Waals surface area contributed by atoms with Gasteiger partial charge in [0.2, 0.25) is 0 Å². The standard InChI is InChI=1S/C17H17ClN2O2/c18-14-6-3-5-13(11-14)12-22-17(21)15-7-4-8-19-16(15)20-9-1-2-10-20/h3-8,11H,1-2,9-10,12H2. The molecule has 1 fully saturated rings. The van der Waals surface area contributed by atoms with Gasteiger partial charge in [0.1, 0.15) is 18.0 Å². The molecule has 0 bridgehead atoms. The van der Waals surface area contributed by atoms with E-state index in [0.717, 1.165) is 37.3 Å². The molecular weight excluding hydrogens is 300 g/mol. The molecule has 1 saturated heterocycles. The molecule has 2 aromatic rings. The number of esters is 1.